The molecule has 0 spiro atoms. The first-order valence-electron chi connectivity index (χ1n) is 6.89. The van der Waals surface area contributed by atoms with Gasteiger partial charge in [0.25, 0.3) is 0 Å². The molecule has 1 aromatic rings. The summed E-state index contributed by atoms with van der Waals surface area (Å²) in [6.07, 6.45) is 2.38. The van der Waals surface area contributed by atoms with Gasteiger partial charge in [-0.3, -0.25) is 0 Å². The van der Waals surface area contributed by atoms with Gasteiger partial charge >= 0.3 is 0 Å². The topological polar surface area (TPSA) is 21.3 Å². The molecule has 19 heavy (non-hydrogen) atoms. The van der Waals surface area contributed by atoms with Crippen molar-refractivity contribution < 1.29 is 4.74 Å². The monoisotopic (exact) mass is 281 g/mol. The van der Waals surface area contributed by atoms with Gasteiger partial charge in [0.2, 0.25) is 0 Å². The van der Waals surface area contributed by atoms with E-state index in [0.717, 1.165) is 12.3 Å². The lowest BCUT2D eigenvalue weighted by molar-refractivity contribution is 0.242. The van der Waals surface area contributed by atoms with E-state index in [1.54, 1.807) is 0 Å². The van der Waals surface area contributed by atoms with Crippen molar-refractivity contribution in [2.24, 2.45) is 0 Å². The molecule has 1 N–H and O–H groups in total. The lowest BCUT2D eigenvalue weighted by atomic mass is 10.1. The first-order valence-corrected chi connectivity index (χ1v) is 8.11. The Hall–Kier alpha value is -0.670. The van der Waals surface area contributed by atoms with Gasteiger partial charge in [-0.05, 0) is 58.6 Å². The second kappa shape index (κ2) is 7.20. The van der Waals surface area contributed by atoms with E-state index >= 15 is 0 Å². The number of nitrogens with one attached hydrogen (secondary N) is 1. The van der Waals surface area contributed by atoms with Crippen molar-refractivity contribution in [1.82, 2.24) is 5.32 Å². The highest BCUT2D eigenvalue weighted by Crippen LogP contribution is 2.22. The van der Waals surface area contributed by atoms with Gasteiger partial charge < -0.3 is 10.1 Å². The molecule has 0 saturated heterocycles. The lowest BCUT2D eigenvalue weighted by Gasteiger charge is -2.25. The maximum atomic E-state index is 5.66. The van der Waals surface area contributed by atoms with Crippen molar-refractivity contribution >= 4 is 11.8 Å². The summed E-state index contributed by atoms with van der Waals surface area (Å²) in [7, 11) is 0. The van der Waals surface area contributed by atoms with Gasteiger partial charge in [0, 0.05) is 17.3 Å². The second-order valence-electron chi connectivity index (χ2n) is 5.80. The molecule has 0 saturated carbocycles. The van der Waals surface area contributed by atoms with Crippen LogP contribution in [0.5, 0.6) is 5.75 Å². The minimum Gasteiger partial charge on any atom is -0.491 e. The largest absolute Gasteiger partial charge is 0.491 e. The molecule has 0 aliphatic rings. The molecule has 3 heteroatoms. The Labute approximate surface area is 122 Å². The predicted molar refractivity (Wildman–Crippen MR) is 86.2 cm³/mol. The molecule has 0 radical (unpaired) electrons. The normalized spacial score (nSPS) is 13.6. The smallest absolute Gasteiger partial charge is 0.119 e. The minimum absolute atomic E-state index is 0.226. The van der Waals surface area contributed by atoms with E-state index in [9.17, 15) is 0 Å². The van der Waals surface area contributed by atoms with Crippen LogP contribution in [0.4, 0.5) is 0 Å². The number of rotatable bonds is 7. The molecule has 1 aromatic carbocycles. The predicted octanol–water partition coefficient (Wildman–Crippen LogP) is 4.27. The van der Waals surface area contributed by atoms with Crippen LogP contribution in [0.2, 0.25) is 0 Å². The SMILES string of the molecule is CSC(C)(C)CNC(C)c1ccc(OC(C)C)cc1. The van der Waals surface area contributed by atoms with Crippen LogP contribution >= 0.6 is 11.8 Å². The summed E-state index contributed by atoms with van der Waals surface area (Å²) >= 11 is 1.89. The van der Waals surface area contributed by atoms with Gasteiger partial charge in [0.1, 0.15) is 5.75 Å². The fourth-order valence-corrected chi connectivity index (χ4v) is 1.92. The molecule has 0 aromatic heterocycles. The van der Waals surface area contributed by atoms with Crippen LogP contribution in [0, 0.1) is 0 Å². The van der Waals surface area contributed by atoms with E-state index < -0.39 is 0 Å². The van der Waals surface area contributed by atoms with Crippen molar-refractivity contribution in [3.05, 3.63) is 29.8 Å². The molecule has 0 bridgehead atoms. The van der Waals surface area contributed by atoms with Gasteiger partial charge in [-0.1, -0.05) is 12.1 Å². The molecule has 1 rings (SSSR count). The van der Waals surface area contributed by atoms with Crippen molar-refractivity contribution in [3.8, 4) is 5.75 Å². The van der Waals surface area contributed by atoms with Gasteiger partial charge in [0.05, 0.1) is 6.10 Å². The van der Waals surface area contributed by atoms with Crippen LogP contribution < -0.4 is 10.1 Å². The van der Waals surface area contributed by atoms with Crippen molar-refractivity contribution in [2.45, 2.75) is 51.5 Å². The zero-order chi connectivity index (χ0) is 14.5. The summed E-state index contributed by atoms with van der Waals surface area (Å²) in [6, 6.07) is 8.74. The number of ether oxygens (including phenoxy) is 1. The fourth-order valence-electron chi connectivity index (χ4n) is 1.70. The van der Waals surface area contributed by atoms with E-state index in [1.165, 1.54) is 5.56 Å². The van der Waals surface area contributed by atoms with Crippen molar-refractivity contribution in [3.63, 3.8) is 0 Å². The van der Waals surface area contributed by atoms with Crippen LogP contribution in [0.3, 0.4) is 0 Å². The Morgan fingerprint density at radius 1 is 1.16 bits per heavy atom. The van der Waals surface area contributed by atoms with Crippen molar-refractivity contribution in [1.29, 1.82) is 0 Å². The highest BCUT2D eigenvalue weighted by molar-refractivity contribution is 7.99. The zero-order valence-electron chi connectivity index (χ0n) is 13.0. The van der Waals surface area contributed by atoms with Gasteiger partial charge in [-0.25, -0.2) is 0 Å². The quantitative estimate of drug-likeness (QED) is 0.806. The van der Waals surface area contributed by atoms with Crippen LogP contribution in [0.1, 0.15) is 46.2 Å². The van der Waals surface area contributed by atoms with Crippen LogP contribution in [-0.2, 0) is 0 Å². The maximum Gasteiger partial charge on any atom is 0.119 e. The number of benzene rings is 1. The van der Waals surface area contributed by atoms with Gasteiger partial charge in [-0.2, -0.15) is 11.8 Å². The number of hydrogen-bond donors (Lipinski definition) is 1. The molecule has 108 valence electrons. The Morgan fingerprint density at radius 3 is 2.21 bits per heavy atom. The molecule has 0 aliphatic heterocycles. The van der Waals surface area contributed by atoms with E-state index in [1.807, 2.05) is 37.7 Å². The molecule has 0 aliphatic carbocycles. The molecule has 1 atom stereocenters. The standard InChI is InChI=1S/C16H27NOS/c1-12(2)18-15-9-7-14(8-10-15)13(3)17-11-16(4,5)19-6/h7-10,12-13,17H,11H2,1-6H3. The van der Waals surface area contributed by atoms with E-state index in [2.05, 4.69) is 44.5 Å². The third-order valence-corrected chi connectivity index (χ3v) is 4.39. The molecule has 2 nitrogen and oxygen atoms in total. The fraction of sp³-hybridized carbons (Fsp3) is 0.625. The average Bonchev–Trinajstić information content (AvgIpc) is 2.36. The Balaban J connectivity index is 2.55. The molecule has 0 fully saturated rings. The summed E-state index contributed by atoms with van der Waals surface area (Å²) in [5, 5.41) is 3.59. The Bertz CT molecular complexity index is 373. The molecular weight excluding hydrogens is 254 g/mol. The van der Waals surface area contributed by atoms with E-state index in [4.69, 9.17) is 4.74 Å². The Morgan fingerprint density at radius 2 is 1.74 bits per heavy atom. The molecule has 1 unspecified atom stereocenters. The van der Waals surface area contributed by atoms with Crippen LogP contribution in [0.25, 0.3) is 0 Å². The summed E-state index contributed by atoms with van der Waals surface area (Å²) in [4.78, 5) is 0. The average molecular weight is 281 g/mol. The summed E-state index contributed by atoms with van der Waals surface area (Å²) < 4.78 is 5.93. The molecule has 0 heterocycles. The van der Waals surface area contributed by atoms with E-state index in [0.29, 0.717) is 6.04 Å². The third kappa shape index (κ3) is 5.87. The van der Waals surface area contributed by atoms with Gasteiger partial charge in [-0.15, -0.1) is 0 Å². The second-order valence-corrected chi connectivity index (χ2v) is 7.32. The highest BCUT2D eigenvalue weighted by Gasteiger charge is 2.17. The van der Waals surface area contributed by atoms with E-state index in [-0.39, 0.29) is 10.9 Å². The van der Waals surface area contributed by atoms with Gasteiger partial charge in [0.15, 0.2) is 0 Å². The number of hydrogen-bond acceptors (Lipinski definition) is 3. The third-order valence-electron chi connectivity index (χ3n) is 3.14. The number of thioether (sulfide) groups is 1. The first-order chi connectivity index (χ1) is 8.84. The summed E-state index contributed by atoms with van der Waals surface area (Å²) in [5.41, 5.74) is 1.30. The zero-order valence-corrected chi connectivity index (χ0v) is 13.8. The lowest BCUT2D eigenvalue weighted by Crippen LogP contribution is -2.33. The van der Waals surface area contributed by atoms with Crippen LogP contribution in [-0.4, -0.2) is 23.7 Å². The summed E-state index contributed by atoms with van der Waals surface area (Å²) in [5.74, 6) is 0.940. The van der Waals surface area contributed by atoms with Crippen molar-refractivity contribution in [2.75, 3.05) is 12.8 Å². The minimum atomic E-state index is 0.226. The molecular formula is C16H27NOS. The first kappa shape index (κ1) is 16.4. The highest BCUT2D eigenvalue weighted by atomic mass is 32.2. The Kier molecular flexibility index (Phi) is 6.21. The molecule has 0 amide bonds. The summed E-state index contributed by atoms with van der Waals surface area (Å²) in [6.45, 7) is 11.8. The van der Waals surface area contributed by atoms with Crippen LogP contribution in [0.15, 0.2) is 24.3 Å². The maximum absolute atomic E-state index is 5.66.